The Morgan fingerprint density at radius 2 is 2.00 bits per heavy atom. The van der Waals surface area contributed by atoms with Gasteiger partial charge in [-0.1, -0.05) is 24.3 Å². The summed E-state index contributed by atoms with van der Waals surface area (Å²) in [5, 5.41) is 20.1. The van der Waals surface area contributed by atoms with Crippen LogP contribution in [0.4, 0.5) is 0 Å². The van der Waals surface area contributed by atoms with Gasteiger partial charge in [0.2, 0.25) is 0 Å². The number of aryl methyl sites for hydroxylation is 1. The number of aromatic nitrogens is 2. The van der Waals surface area contributed by atoms with Crippen LogP contribution in [0, 0.1) is 11.3 Å². The quantitative estimate of drug-likeness (QED) is 0.802. The van der Waals surface area contributed by atoms with Crippen molar-refractivity contribution in [2.75, 3.05) is 7.11 Å². The van der Waals surface area contributed by atoms with Gasteiger partial charge in [-0.15, -0.1) is 0 Å². The van der Waals surface area contributed by atoms with Gasteiger partial charge in [0.1, 0.15) is 11.9 Å². The molecule has 0 saturated carbocycles. The van der Waals surface area contributed by atoms with Crippen molar-refractivity contribution in [3.8, 4) is 22.9 Å². The molecule has 3 rings (SSSR count). The SMILES string of the molecule is COc1ccccc1-c1cc(C(O)c2cncn2C)ccc1C#N. The zero-order chi connectivity index (χ0) is 17.1. The van der Waals surface area contributed by atoms with Crippen LogP contribution in [0.1, 0.15) is 22.9 Å². The third-order valence-electron chi connectivity index (χ3n) is 4.01. The number of aliphatic hydroxyl groups is 1. The number of benzene rings is 2. The lowest BCUT2D eigenvalue weighted by Gasteiger charge is -2.15. The number of nitriles is 1. The molecule has 120 valence electrons. The molecule has 0 amide bonds. The van der Waals surface area contributed by atoms with Crippen molar-refractivity contribution in [1.29, 1.82) is 5.26 Å². The average molecular weight is 319 g/mol. The second-order valence-corrected chi connectivity index (χ2v) is 5.45. The van der Waals surface area contributed by atoms with E-state index in [9.17, 15) is 10.4 Å². The standard InChI is InChI=1S/C19H17N3O2/c1-22-12-21-11-17(22)19(23)13-7-8-14(10-20)16(9-13)15-5-3-4-6-18(15)24-2/h3-9,11-12,19,23H,1-2H3. The van der Waals surface area contributed by atoms with E-state index in [0.717, 1.165) is 11.1 Å². The van der Waals surface area contributed by atoms with Crippen LogP contribution in [0.3, 0.4) is 0 Å². The lowest BCUT2D eigenvalue weighted by atomic mass is 9.94. The molecule has 0 radical (unpaired) electrons. The van der Waals surface area contributed by atoms with E-state index < -0.39 is 6.10 Å². The van der Waals surface area contributed by atoms with E-state index in [-0.39, 0.29) is 0 Å². The topological polar surface area (TPSA) is 71.1 Å². The molecule has 0 saturated heterocycles. The molecule has 0 spiro atoms. The number of para-hydroxylation sites is 1. The lowest BCUT2D eigenvalue weighted by molar-refractivity contribution is 0.211. The maximum Gasteiger partial charge on any atom is 0.126 e. The Morgan fingerprint density at radius 3 is 2.67 bits per heavy atom. The Morgan fingerprint density at radius 1 is 1.21 bits per heavy atom. The average Bonchev–Trinajstić information content (AvgIpc) is 3.06. The molecular weight excluding hydrogens is 302 g/mol. The number of hydrogen-bond donors (Lipinski definition) is 1. The molecule has 1 N–H and O–H groups in total. The van der Waals surface area contributed by atoms with E-state index in [1.54, 1.807) is 36.3 Å². The first kappa shape index (κ1) is 15.8. The Bertz CT molecular complexity index is 909. The van der Waals surface area contributed by atoms with Crippen LogP contribution in [0.2, 0.25) is 0 Å². The van der Waals surface area contributed by atoms with E-state index in [4.69, 9.17) is 4.74 Å². The van der Waals surface area contributed by atoms with Gasteiger partial charge in [-0.3, -0.25) is 0 Å². The van der Waals surface area contributed by atoms with Crippen molar-refractivity contribution < 1.29 is 9.84 Å². The fourth-order valence-electron chi connectivity index (χ4n) is 2.72. The summed E-state index contributed by atoms with van der Waals surface area (Å²) in [5.41, 5.74) is 3.45. The van der Waals surface area contributed by atoms with E-state index in [1.807, 2.05) is 37.4 Å². The normalized spacial score (nSPS) is 11.8. The minimum absolute atomic E-state index is 0.528. The minimum Gasteiger partial charge on any atom is -0.496 e. The summed E-state index contributed by atoms with van der Waals surface area (Å²) in [7, 11) is 3.43. The molecule has 5 heteroatoms. The molecule has 1 atom stereocenters. The molecule has 1 heterocycles. The van der Waals surface area contributed by atoms with Gasteiger partial charge >= 0.3 is 0 Å². The fourth-order valence-corrected chi connectivity index (χ4v) is 2.72. The number of methoxy groups -OCH3 is 1. The third-order valence-corrected chi connectivity index (χ3v) is 4.01. The summed E-state index contributed by atoms with van der Waals surface area (Å²) in [4.78, 5) is 4.04. The summed E-state index contributed by atoms with van der Waals surface area (Å²) in [6.07, 6.45) is 2.45. The lowest BCUT2D eigenvalue weighted by Crippen LogP contribution is -2.05. The third kappa shape index (κ3) is 2.75. The number of aliphatic hydroxyl groups excluding tert-OH is 1. The Labute approximate surface area is 140 Å². The first-order chi connectivity index (χ1) is 11.7. The van der Waals surface area contributed by atoms with Gasteiger partial charge in [0, 0.05) is 18.2 Å². The molecule has 5 nitrogen and oxygen atoms in total. The van der Waals surface area contributed by atoms with Gasteiger partial charge in [0.15, 0.2) is 0 Å². The van der Waals surface area contributed by atoms with Gasteiger partial charge < -0.3 is 14.4 Å². The molecule has 1 aromatic heterocycles. The van der Waals surface area contributed by atoms with Crippen LogP contribution in [-0.2, 0) is 7.05 Å². The number of rotatable bonds is 4. The van der Waals surface area contributed by atoms with Crippen molar-refractivity contribution >= 4 is 0 Å². The largest absolute Gasteiger partial charge is 0.496 e. The Kier molecular flexibility index (Phi) is 4.32. The second kappa shape index (κ2) is 6.57. The van der Waals surface area contributed by atoms with Crippen LogP contribution in [0.25, 0.3) is 11.1 Å². The van der Waals surface area contributed by atoms with Crippen molar-refractivity contribution in [3.05, 3.63) is 71.8 Å². The molecule has 3 aromatic rings. The maximum atomic E-state index is 10.6. The summed E-state index contributed by atoms with van der Waals surface area (Å²) in [6.45, 7) is 0. The van der Waals surface area contributed by atoms with Crippen molar-refractivity contribution in [2.24, 2.45) is 7.05 Å². The molecule has 1 unspecified atom stereocenters. The smallest absolute Gasteiger partial charge is 0.126 e. The molecule has 0 aliphatic heterocycles. The van der Waals surface area contributed by atoms with Crippen LogP contribution in [0.15, 0.2) is 55.0 Å². The van der Waals surface area contributed by atoms with Gasteiger partial charge in [-0.25, -0.2) is 4.98 Å². The molecule has 0 fully saturated rings. The van der Waals surface area contributed by atoms with Crippen molar-refractivity contribution in [1.82, 2.24) is 9.55 Å². The van der Waals surface area contributed by atoms with Gasteiger partial charge in [-0.05, 0) is 23.8 Å². The predicted molar refractivity (Wildman–Crippen MR) is 90.4 cm³/mol. The maximum absolute atomic E-state index is 10.6. The number of nitrogens with zero attached hydrogens (tertiary/aromatic N) is 3. The zero-order valence-corrected chi connectivity index (χ0v) is 13.5. The summed E-state index contributed by atoms with van der Waals surface area (Å²) >= 11 is 0. The highest BCUT2D eigenvalue weighted by Gasteiger charge is 2.17. The summed E-state index contributed by atoms with van der Waals surface area (Å²) in [5.74, 6) is 0.682. The van der Waals surface area contributed by atoms with Gasteiger partial charge in [0.05, 0.1) is 37.0 Å². The van der Waals surface area contributed by atoms with Crippen LogP contribution >= 0.6 is 0 Å². The highest BCUT2D eigenvalue weighted by molar-refractivity contribution is 5.76. The second-order valence-electron chi connectivity index (χ2n) is 5.45. The molecule has 0 aliphatic rings. The molecule has 0 bridgehead atoms. The minimum atomic E-state index is -0.821. The Balaban J connectivity index is 2.13. The number of imidazole rings is 1. The van der Waals surface area contributed by atoms with Gasteiger partial charge in [0.25, 0.3) is 0 Å². The molecule has 24 heavy (non-hydrogen) atoms. The first-order valence-electron chi connectivity index (χ1n) is 7.47. The van der Waals surface area contributed by atoms with E-state index in [0.29, 0.717) is 22.6 Å². The molecule has 0 aliphatic carbocycles. The van der Waals surface area contributed by atoms with Crippen LogP contribution < -0.4 is 4.74 Å². The highest BCUT2D eigenvalue weighted by Crippen LogP contribution is 2.34. The number of ether oxygens (including phenoxy) is 1. The summed E-state index contributed by atoms with van der Waals surface area (Å²) < 4.78 is 7.17. The summed E-state index contributed by atoms with van der Waals surface area (Å²) in [6, 6.07) is 15.0. The monoisotopic (exact) mass is 319 g/mol. The Hall–Kier alpha value is -3.10. The van der Waals surface area contributed by atoms with Crippen molar-refractivity contribution in [2.45, 2.75) is 6.10 Å². The first-order valence-corrected chi connectivity index (χ1v) is 7.47. The van der Waals surface area contributed by atoms with Crippen LogP contribution in [-0.4, -0.2) is 21.8 Å². The van der Waals surface area contributed by atoms with E-state index >= 15 is 0 Å². The van der Waals surface area contributed by atoms with Crippen molar-refractivity contribution in [3.63, 3.8) is 0 Å². The number of hydrogen-bond acceptors (Lipinski definition) is 4. The van der Waals surface area contributed by atoms with Crippen LogP contribution in [0.5, 0.6) is 5.75 Å². The molecule has 2 aromatic carbocycles. The van der Waals surface area contributed by atoms with Gasteiger partial charge in [-0.2, -0.15) is 5.26 Å². The predicted octanol–water partition coefficient (Wildman–Crippen LogP) is 3.05. The zero-order valence-electron chi connectivity index (χ0n) is 13.5. The fraction of sp³-hybridized carbons (Fsp3) is 0.158. The highest BCUT2D eigenvalue weighted by atomic mass is 16.5. The molecular formula is C19H17N3O2. The van der Waals surface area contributed by atoms with E-state index in [1.165, 1.54) is 0 Å². The van der Waals surface area contributed by atoms with E-state index in [2.05, 4.69) is 11.1 Å².